The van der Waals surface area contributed by atoms with E-state index in [0.717, 1.165) is 12.1 Å². The van der Waals surface area contributed by atoms with Gasteiger partial charge in [0.05, 0.1) is 18.7 Å². The summed E-state index contributed by atoms with van der Waals surface area (Å²) in [5.41, 5.74) is 0.169. The van der Waals surface area contributed by atoms with Crippen molar-refractivity contribution >= 4 is 11.8 Å². The van der Waals surface area contributed by atoms with E-state index in [-0.39, 0.29) is 18.4 Å². The predicted molar refractivity (Wildman–Crippen MR) is 94.9 cm³/mol. The van der Waals surface area contributed by atoms with E-state index >= 15 is 0 Å². The Morgan fingerprint density at radius 3 is 2.77 bits per heavy atom. The number of pyridine rings is 1. The van der Waals surface area contributed by atoms with Crippen molar-refractivity contribution in [3.63, 3.8) is 0 Å². The van der Waals surface area contributed by atoms with Crippen LogP contribution in [-0.2, 0) is 16.1 Å². The number of carbonyl (C=O) groups is 2. The fourth-order valence-corrected chi connectivity index (χ4v) is 4.65. The lowest BCUT2D eigenvalue weighted by Crippen LogP contribution is -2.81. The van der Waals surface area contributed by atoms with E-state index in [1.165, 1.54) is 4.90 Å². The number of aliphatic hydroxyl groups excluding tert-OH is 1. The second kappa shape index (κ2) is 6.40. The van der Waals surface area contributed by atoms with Crippen molar-refractivity contribution in [2.24, 2.45) is 5.92 Å². The first-order valence-electron chi connectivity index (χ1n) is 9.32. The van der Waals surface area contributed by atoms with Gasteiger partial charge < -0.3 is 5.11 Å². The topological polar surface area (TPSA) is 77.0 Å². The maximum Gasteiger partial charge on any atom is 0.252 e. The largest absolute Gasteiger partial charge is 0.392 e. The molecule has 0 unspecified atom stereocenters. The SMILES string of the molecule is CC(C)CN1CC2(C1)C(=O)N(Cc1cccnc1)C(=O)[C@@H]1C[C@@H](O)CN12. The number of aromatic nitrogens is 1. The van der Waals surface area contributed by atoms with Crippen molar-refractivity contribution in [3.05, 3.63) is 30.1 Å². The smallest absolute Gasteiger partial charge is 0.252 e. The highest BCUT2D eigenvalue weighted by Gasteiger charge is 2.64. The summed E-state index contributed by atoms with van der Waals surface area (Å²) in [6, 6.07) is 3.28. The Balaban J connectivity index is 1.61. The van der Waals surface area contributed by atoms with Crippen molar-refractivity contribution < 1.29 is 14.7 Å². The summed E-state index contributed by atoms with van der Waals surface area (Å²) in [4.78, 5) is 36.0. The Bertz CT molecular complexity index is 702. The standard InChI is InChI=1S/C19H26N4O3/c1-13(2)8-21-11-19(12-21)18(26)22(9-14-4-3-5-20-7-14)17(25)16-6-15(24)10-23(16)19/h3-5,7,13,15-16,24H,6,8-12H2,1-2H3/t15-,16+/m1/s1. The third kappa shape index (κ3) is 2.74. The van der Waals surface area contributed by atoms with Crippen molar-refractivity contribution in [1.82, 2.24) is 19.7 Å². The summed E-state index contributed by atoms with van der Waals surface area (Å²) < 4.78 is 0. The van der Waals surface area contributed by atoms with Gasteiger partial charge in [0, 0.05) is 38.6 Å². The minimum absolute atomic E-state index is 0.128. The van der Waals surface area contributed by atoms with Crippen LogP contribution >= 0.6 is 0 Å². The number of β-amino-alcohol motifs (C(OH)–C–C–N with tert-alkyl or cyclic N) is 1. The van der Waals surface area contributed by atoms with Gasteiger partial charge in [-0.2, -0.15) is 0 Å². The zero-order valence-corrected chi connectivity index (χ0v) is 15.3. The monoisotopic (exact) mass is 358 g/mol. The molecule has 3 aliphatic rings. The van der Waals surface area contributed by atoms with Crippen LogP contribution in [-0.4, -0.2) is 80.5 Å². The number of likely N-dealkylation sites (tertiary alicyclic amines) is 1. The lowest BCUT2D eigenvalue weighted by molar-refractivity contribution is -0.181. The van der Waals surface area contributed by atoms with Gasteiger partial charge in [-0.25, -0.2) is 0 Å². The van der Waals surface area contributed by atoms with Gasteiger partial charge in [-0.05, 0) is 24.0 Å². The number of aliphatic hydroxyl groups is 1. The first-order chi connectivity index (χ1) is 12.4. The van der Waals surface area contributed by atoms with Crippen LogP contribution in [0.3, 0.4) is 0 Å². The Morgan fingerprint density at radius 2 is 2.12 bits per heavy atom. The van der Waals surface area contributed by atoms with E-state index in [2.05, 4.69) is 23.7 Å². The van der Waals surface area contributed by atoms with Crippen LogP contribution in [0.5, 0.6) is 0 Å². The van der Waals surface area contributed by atoms with Crippen LogP contribution in [0.25, 0.3) is 0 Å². The molecule has 4 rings (SSSR count). The molecule has 3 saturated heterocycles. The van der Waals surface area contributed by atoms with Gasteiger partial charge in [0.2, 0.25) is 5.91 Å². The van der Waals surface area contributed by atoms with Crippen molar-refractivity contribution in [1.29, 1.82) is 0 Å². The lowest BCUT2D eigenvalue weighted by atomic mass is 9.82. The summed E-state index contributed by atoms with van der Waals surface area (Å²) in [7, 11) is 0. The normalized spacial score (nSPS) is 28.7. The third-order valence-corrected chi connectivity index (χ3v) is 5.68. The molecule has 1 spiro atoms. The fraction of sp³-hybridized carbons (Fsp3) is 0.632. The van der Waals surface area contributed by atoms with E-state index in [9.17, 15) is 14.7 Å². The van der Waals surface area contributed by atoms with Gasteiger partial charge in [-0.1, -0.05) is 19.9 Å². The zero-order valence-electron chi connectivity index (χ0n) is 15.3. The van der Waals surface area contributed by atoms with Crippen molar-refractivity contribution in [2.75, 3.05) is 26.2 Å². The number of hydrogen-bond acceptors (Lipinski definition) is 6. The van der Waals surface area contributed by atoms with Gasteiger partial charge in [-0.15, -0.1) is 0 Å². The number of imide groups is 1. The van der Waals surface area contributed by atoms with Gasteiger partial charge in [-0.3, -0.25) is 29.3 Å². The molecule has 0 saturated carbocycles. The molecule has 1 aromatic rings. The van der Waals surface area contributed by atoms with Crippen LogP contribution in [0.4, 0.5) is 0 Å². The molecule has 2 atom stereocenters. The minimum Gasteiger partial charge on any atom is -0.392 e. The molecule has 140 valence electrons. The summed E-state index contributed by atoms with van der Waals surface area (Å²) in [6.45, 7) is 7.17. The molecule has 4 heterocycles. The maximum absolute atomic E-state index is 13.4. The molecule has 0 bridgehead atoms. The number of piperazine rings is 1. The van der Waals surface area contributed by atoms with Gasteiger partial charge in [0.15, 0.2) is 0 Å². The molecule has 7 nitrogen and oxygen atoms in total. The molecule has 0 radical (unpaired) electrons. The van der Waals surface area contributed by atoms with E-state index in [1.54, 1.807) is 12.4 Å². The van der Waals surface area contributed by atoms with Crippen LogP contribution < -0.4 is 0 Å². The Kier molecular flexibility index (Phi) is 4.33. The quantitative estimate of drug-likeness (QED) is 0.769. The number of nitrogens with zero attached hydrogens (tertiary/aromatic N) is 4. The Morgan fingerprint density at radius 1 is 1.35 bits per heavy atom. The molecule has 3 aliphatic heterocycles. The summed E-state index contributed by atoms with van der Waals surface area (Å²) in [5.74, 6) is 0.208. The number of amides is 2. The van der Waals surface area contributed by atoms with Crippen LogP contribution in [0.2, 0.25) is 0 Å². The second-order valence-corrected chi connectivity index (χ2v) is 8.24. The first-order valence-corrected chi connectivity index (χ1v) is 9.32. The predicted octanol–water partition coefficient (Wildman–Crippen LogP) is 0.0960. The van der Waals surface area contributed by atoms with Crippen LogP contribution in [0.15, 0.2) is 24.5 Å². The molecular formula is C19H26N4O3. The average Bonchev–Trinajstić information content (AvgIpc) is 2.96. The molecule has 7 heteroatoms. The van der Waals surface area contributed by atoms with Crippen molar-refractivity contribution in [3.8, 4) is 0 Å². The summed E-state index contributed by atoms with van der Waals surface area (Å²) >= 11 is 0. The van der Waals surface area contributed by atoms with Crippen LogP contribution in [0, 0.1) is 5.92 Å². The van der Waals surface area contributed by atoms with Crippen molar-refractivity contribution in [2.45, 2.75) is 44.5 Å². The van der Waals surface area contributed by atoms with Gasteiger partial charge >= 0.3 is 0 Å². The highest BCUT2D eigenvalue weighted by atomic mass is 16.3. The molecule has 0 aliphatic carbocycles. The Hall–Kier alpha value is -1.83. The molecule has 1 N–H and O–H groups in total. The molecule has 3 fully saturated rings. The minimum atomic E-state index is -0.673. The average molecular weight is 358 g/mol. The van der Waals surface area contributed by atoms with E-state index in [1.807, 2.05) is 17.0 Å². The van der Waals surface area contributed by atoms with Crippen LogP contribution in [0.1, 0.15) is 25.8 Å². The van der Waals surface area contributed by atoms with E-state index in [4.69, 9.17) is 0 Å². The highest BCUT2D eigenvalue weighted by molar-refractivity contribution is 6.06. The number of hydrogen-bond donors (Lipinski definition) is 1. The fourth-order valence-electron chi connectivity index (χ4n) is 4.65. The number of carbonyl (C=O) groups excluding carboxylic acids is 2. The molecular weight excluding hydrogens is 332 g/mol. The van der Waals surface area contributed by atoms with E-state index in [0.29, 0.717) is 32.0 Å². The molecule has 2 amide bonds. The summed E-state index contributed by atoms with van der Waals surface area (Å²) in [6.07, 6.45) is 3.22. The number of fused-ring (bicyclic) bond motifs is 2. The third-order valence-electron chi connectivity index (χ3n) is 5.68. The molecule has 0 aromatic carbocycles. The summed E-state index contributed by atoms with van der Waals surface area (Å²) in [5, 5.41) is 10.2. The molecule has 26 heavy (non-hydrogen) atoms. The number of rotatable bonds is 4. The highest BCUT2D eigenvalue weighted by Crippen LogP contribution is 2.40. The second-order valence-electron chi connectivity index (χ2n) is 8.24. The van der Waals surface area contributed by atoms with Gasteiger partial charge in [0.1, 0.15) is 5.54 Å². The van der Waals surface area contributed by atoms with E-state index < -0.39 is 17.7 Å². The van der Waals surface area contributed by atoms with Gasteiger partial charge in [0.25, 0.3) is 5.91 Å². The first kappa shape index (κ1) is 17.6. The maximum atomic E-state index is 13.4. The lowest BCUT2D eigenvalue weighted by Gasteiger charge is -2.59. The molecule has 1 aromatic heterocycles. The zero-order chi connectivity index (χ0) is 18.5. The Labute approximate surface area is 153 Å².